The second-order valence-corrected chi connectivity index (χ2v) is 4.10. The Bertz CT molecular complexity index is 112. The number of halogens is 1. The van der Waals surface area contributed by atoms with Crippen LogP contribution in [0.5, 0.6) is 0 Å². The summed E-state index contributed by atoms with van der Waals surface area (Å²) in [5.74, 6) is 0.905. The maximum absolute atomic E-state index is 3.42. The van der Waals surface area contributed by atoms with Crippen LogP contribution in [0, 0.1) is 5.92 Å². The second-order valence-electron chi connectivity index (χ2n) is 3.30. The van der Waals surface area contributed by atoms with E-state index < -0.39 is 0 Å². The molecule has 1 aliphatic carbocycles. The van der Waals surface area contributed by atoms with E-state index >= 15 is 0 Å². The first kappa shape index (κ1) is 9.31. The highest BCUT2D eigenvalue weighted by Crippen LogP contribution is 2.24. The largest absolute Gasteiger partial charge is 0.0925 e. The normalized spacial score (nSPS) is 21.2. The first-order chi connectivity index (χ1) is 5.43. The highest BCUT2D eigenvalue weighted by atomic mass is 79.9. The minimum absolute atomic E-state index is 0.905. The Hall–Kier alpha value is 0.220. The van der Waals surface area contributed by atoms with Crippen LogP contribution in [-0.2, 0) is 0 Å². The summed E-state index contributed by atoms with van der Waals surface area (Å²) in [6.07, 6.45) is 13.1. The number of allylic oxidation sites excluding steroid dienone is 2. The first-order valence-electron chi connectivity index (χ1n) is 4.66. The van der Waals surface area contributed by atoms with Gasteiger partial charge in [0.15, 0.2) is 0 Å². The Morgan fingerprint density at radius 3 is 2.55 bits per heavy atom. The molecule has 0 spiro atoms. The van der Waals surface area contributed by atoms with Crippen molar-refractivity contribution in [1.82, 2.24) is 0 Å². The van der Waals surface area contributed by atoms with Crippen LogP contribution in [0.3, 0.4) is 0 Å². The zero-order chi connectivity index (χ0) is 7.94. The van der Waals surface area contributed by atoms with Gasteiger partial charge in [0.1, 0.15) is 0 Å². The van der Waals surface area contributed by atoms with Crippen molar-refractivity contribution in [3.05, 3.63) is 12.2 Å². The summed E-state index contributed by atoms with van der Waals surface area (Å²) in [5, 5.41) is 1.11. The quantitative estimate of drug-likeness (QED) is 0.496. The van der Waals surface area contributed by atoms with E-state index in [4.69, 9.17) is 0 Å². The Balaban J connectivity index is 2.13. The molecule has 0 aromatic rings. The van der Waals surface area contributed by atoms with Crippen LogP contribution in [0.15, 0.2) is 12.2 Å². The molecule has 0 saturated heterocycles. The van der Waals surface area contributed by atoms with E-state index in [0.717, 1.165) is 11.2 Å². The summed E-state index contributed by atoms with van der Waals surface area (Å²) in [7, 11) is 0. The summed E-state index contributed by atoms with van der Waals surface area (Å²) in [6, 6.07) is 0. The minimum atomic E-state index is 0.905. The van der Waals surface area contributed by atoms with Gasteiger partial charge >= 0.3 is 0 Å². The molecule has 0 nitrogen and oxygen atoms in total. The highest BCUT2D eigenvalue weighted by Gasteiger charge is 2.08. The maximum atomic E-state index is 3.42. The summed E-state index contributed by atoms with van der Waals surface area (Å²) in [5.41, 5.74) is 0. The molecule has 1 saturated carbocycles. The van der Waals surface area contributed by atoms with E-state index in [0.29, 0.717) is 0 Å². The van der Waals surface area contributed by atoms with Gasteiger partial charge in [-0.25, -0.2) is 0 Å². The molecule has 11 heavy (non-hydrogen) atoms. The minimum Gasteiger partial charge on any atom is -0.0925 e. The fourth-order valence-electron chi connectivity index (χ4n) is 1.68. The first-order valence-corrected chi connectivity index (χ1v) is 5.78. The van der Waals surface area contributed by atoms with Gasteiger partial charge in [-0.1, -0.05) is 47.3 Å². The maximum Gasteiger partial charge on any atom is 0.00659 e. The van der Waals surface area contributed by atoms with Crippen molar-refractivity contribution in [1.29, 1.82) is 0 Å². The molecule has 0 aromatic heterocycles. The Kier molecular flexibility index (Phi) is 4.92. The molecule has 0 bridgehead atoms. The highest BCUT2D eigenvalue weighted by molar-refractivity contribution is 9.09. The van der Waals surface area contributed by atoms with Crippen LogP contribution in [0.2, 0.25) is 0 Å². The van der Waals surface area contributed by atoms with Crippen LogP contribution in [0.4, 0.5) is 0 Å². The molecular formula is C10H17Br. The van der Waals surface area contributed by atoms with E-state index in [9.17, 15) is 0 Å². The van der Waals surface area contributed by atoms with Gasteiger partial charge in [0, 0.05) is 5.33 Å². The van der Waals surface area contributed by atoms with E-state index in [1.165, 1.54) is 38.5 Å². The van der Waals surface area contributed by atoms with Gasteiger partial charge in [0.05, 0.1) is 0 Å². The van der Waals surface area contributed by atoms with E-state index in [1.54, 1.807) is 0 Å². The van der Waals surface area contributed by atoms with Crippen molar-refractivity contribution in [2.24, 2.45) is 5.92 Å². The molecule has 0 radical (unpaired) electrons. The summed E-state index contributed by atoms with van der Waals surface area (Å²) in [6.45, 7) is 0. The van der Waals surface area contributed by atoms with Crippen molar-refractivity contribution < 1.29 is 0 Å². The third kappa shape index (κ3) is 3.95. The molecule has 64 valence electrons. The van der Waals surface area contributed by atoms with Crippen LogP contribution in [0.25, 0.3) is 0 Å². The van der Waals surface area contributed by atoms with Gasteiger partial charge in [-0.05, 0) is 25.2 Å². The fourth-order valence-corrected chi connectivity index (χ4v) is 1.94. The Morgan fingerprint density at radius 1 is 1.18 bits per heavy atom. The molecule has 1 rings (SSSR count). The van der Waals surface area contributed by atoms with Gasteiger partial charge in [0.25, 0.3) is 0 Å². The number of hydrogen-bond donors (Lipinski definition) is 0. The van der Waals surface area contributed by atoms with Crippen molar-refractivity contribution in [2.45, 2.75) is 38.5 Å². The smallest absolute Gasteiger partial charge is 0.00659 e. The summed E-state index contributed by atoms with van der Waals surface area (Å²) < 4.78 is 0. The molecule has 1 aliphatic rings. The molecule has 0 aromatic carbocycles. The fraction of sp³-hybridized carbons (Fsp3) is 0.800. The van der Waals surface area contributed by atoms with Gasteiger partial charge in [-0.15, -0.1) is 0 Å². The lowest BCUT2D eigenvalue weighted by Crippen LogP contribution is -2.02. The van der Waals surface area contributed by atoms with Gasteiger partial charge < -0.3 is 0 Å². The average Bonchev–Trinajstić information content (AvgIpc) is 2.07. The van der Waals surface area contributed by atoms with Crippen LogP contribution >= 0.6 is 15.9 Å². The monoisotopic (exact) mass is 216 g/mol. The topological polar surface area (TPSA) is 0 Å². The lowest BCUT2D eigenvalue weighted by molar-refractivity contribution is 0.419. The number of rotatable bonds is 3. The SMILES string of the molecule is BrCCC=CC1CCCCC1. The lowest BCUT2D eigenvalue weighted by atomic mass is 9.89. The van der Waals surface area contributed by atoms with Crippen molar-refractivity contribution >= 4 is 15.9 Å². The molecule has 0 heterocycles. The molecule has 0 amide bonds. The third-order valence-corrected chi connectivity index (χ3v) is 2.79. The predicted octanol–water partition coefficient (Wildman–Crippen LogP) is 3.91. The lowest BCUT2D eigenvalue weighted by Gasteiger charge is -2.17. The molecular weight excluding hydrogens is 200 g/mol. The van der Waals surface area contributed by atoms with E-state index in [-0.39, 0.29) is 0 Å². The van der Waals surface area contributed by atoms with E-state index in [2.05, 4.69) is 28.1 Å². The van der Waals surface area contributed by atoms with Gasteiger partial charge in [0.2, 0.25) is 0 Å². The standard InChI is InChI=1S/C10H17Br/c11-9-5-4-8-10-6-2-1-3-7-10/h4,8,10H,1-3,5-7,9H2. The molecule has 1 heteroatoms. The van der Waals surface area contributed by atoms with Gasteiger partial charge in [-0.2, -0.15) is 0 Å². The van der Waals surface area contributed by atoms with Crippen molar-refractivity contribution in [3.8, 4) is 0 Å². The van der Waals surface area contributed by atoms with Crippen molar-refractivity contribution in [3.63, 3.8) is 0 Å². The van der Waals surface area contributed by atoms with Gasteiger partial charge in [-0.3, -0.25) is 0 Å². The second kappa shape index (κ2) is 5.82. The average molecular weight is 217 g/mol. The molecule has 0 N–H and O–H groups in total. The molecule has 0 unspecified atom stereocenters. The summed E-state index contributed by atoms with van der Waals surface area (Å²) >= 11 is 3.42. The predicted molar refractivity (Wildman–Crippen MR) is 54.1 cm³/mol. The third-order valence-electron chi connectivity index (χ3n) is 2.33. The molecule has 0 aliphatic heterocycles. The number of hydrogen-bond acceptors (Lipinski definition) is 0. The van der Waals surface area contributed by atoms with Crippen molar-refractivity contribution in [2.75, 3.05) is 5.33 Å². The molecule has 1 fully saturated rings. The summed E-state index contributed by atoms with van der Waals surface area (Å²) in [4.78, 5) is 0. The van der Waals surface area contributed by atoms with Crippen LogP contribution in [-0.4, -0.2) is 5.33 Å². The Labute approximate surface area is 78.2 Å². The van der Waals surface area contributed by atoms with E-state index in [1.807, 2.05) is 0 Å². The Morgan fingerprint density at radius 2 is 1.91 bits per heavy atom. The van der Waals surface area contributed by atoms with Crippen LogP contribution < -0.4 is 0 Å². The number of alkyl halides is 1. The molecule has 0 atom stereocenters. The zero-order valence-corrected chi connectivity index (χ0v) is 8.65. The zero-order valence-electron chi connectivity index (χ0n) is 7.06. The van der Waals surface area contributed by atoms with Crippen LogP contribution in [0.1, 0.15) is 38.5 Å².